The van der Waals surface area contributed by atoms with Crippen molar-refractivity contribution in [1.29, 1.82) is 0 Å². The number of aryl methyl sites for hydroxylation is 1. The number of anilines is 3. The van der Waals surface area contributed by atoms with Gasteiger partial charge in [-0.05, 0) is 42.6 Å². The van der Waals surface area contributed by atoms with E-state index in [4.69, 9.17) is 0 Å². The summed E-state index contributed by atoms with van der Waals surface area (Å²) in [5.41, 5.74) is 0.952. The van der Waals surface area contributed by atoms with Crippen LogP contribution in [0.15, 0.2) is 52.7 Å². The van der Waals surface area contributed by atoms with Gasteiger partial charge in [-0.25, -0.2) is 17.2 Å². The number of nitrogens with one attached hydrogen (secondary N) is 2. The molecule has 0 atom stereocenters. The predicted octanol–water partition coefficient (Wildman–Crippen LogP) is 4.45. The molecule has 3 rings (SSSR count). The normalized spacial score (nSPS) is 11.2. The van der Waals surface area contributed by atoms with Crippen LogP contribution in [-0.4, -0.2) is 28.4 Å². The van der Waals surface area contributed by atoms with Crippen LogP contribution in [-0.2, 0) is 10.0 Å². The summed E-state index contributed by atoms with van der Waals surface area (Å²) in [5, 5.41) is 3.81. The van der Waals surface area contributed by atoms with Crippen LogP contribution in [0, 0.1) is 18.6 Å². The zero-order valence-electron chi connectivity index (χ0n) is 16.4. The summed E-state index contributed by atoms with van der Waals surface area (Å²) in [5.74, 6) is -2.49. The van der Waals surface area contributed by atoms with Crippen LogP contribution in [0.25, 0.3) is 0 Å². The molecule has 0 saturated heterocycles. The molecule has 0 fully saturated rings. The molecule has 2 aromatic carbocycles. The van der Waals surface area contributed by atoms with Crippen LogP contribution in [0.1, 0.15) is 15.2 Å². The summed E-state index contributed by atoms with van der Waals surface area (Å²) >= 11 is 0.906. The van der Waals surface area contributed by atoms with Crippen molar-refractivity contribution in [3.05, 3.63) is 69.9 Å². The van der Waals surface area contributed by atoms with Crippen molar-refractivity contribution in [2.75, 3.05) is 29.0 Å². The fourth-order valence-electron chi connectivity index (χ4n) is 2.76. The molecule has 3 aromatic rings. The minimum Gasteiger partial charge on any atom is -0.373 e. The van der Waals surface area contributed by atoms with Crippen molar-refractivity contribution in [2.45, 2.75) is 11.8 Å². The van der Waals surface area contributed by atoms with Crippen molar-refractivity contribution in [2.24, 2.45) is 0 Å². The summed E-state index contributed by atoms with van der Waals surface area (Å²) < 4.78 is 56.2. The fourth-order valence-corrected chi connectivity index (χ4v) is 5.14. The van der Waals surface area contributed by atoms with Crippen LogP contribution in [0.5, 0.6) is 0 Å². The predicted molar refractivity (Wildman–Crippen MR) is 115 cm³/mol. The molecule has 158 valence electrons. The van der Waals surface area contributed by atoms with Gasteiger partial charge in [-0.3, -0.25) is 9.52 Å². The molecule has 6 nitrogen and oxygen atoms in total. The van der Waals surface area contributed by atoms with E-state index in [0.717, 1.165) is 29.0 Å². The van der Waals surface area contributed by atoms with E-state index >= 15 is 0 Å². The lowest BCUT2D eigenvalue weighted by atomic mass is 10.2. The SMILES string of the molecule is Cc1ccc(NS(=O)(=O)c2ccsc2C(=O)Nc2cc(F)c(N(C)C)c(F)c2)cc1. The Morgan fingerprint density at radius 1 is 1.00 bits per heavy atom. The highest BCUT2D eigenvalue weighted by molar-refractivity contribution is 7.93. The molecule has 0 aliphatic carbocycles. The van der Waals surface area contributed by atoms with Gasteiger partial charge in [0.25, 0.3) is 15.9 Å². The Labute approximate surface area is 177 Å². The third-order valence-electron chi connectivity index (χ3n) is 4.15. The summed E-state index contributed by atoms with van der Waals surface area (Å²) in [7, 11) is -1.06. The summed E-state index contributed by atoms with van der Waals surface area (Å²) in [6.45, 7) is 1.87. The number of thiophene rings is 1. The number of hydrogen-bond donors (Lipinski definition) is 2. The maximum absolute atomic E-state index is 14.2. The van der Waals surface area contributed by atoms with E-state index in [-0.39, 0.29) is 21.1 Å². The van der Waals surface area contributed by atoms with E-state index in [1.165, 1.54) is 30.4 Å². The average molecular weight is 452 g/mol. The molecule has 0 spiro atoms. The summed E-state index contributed by atoms with van der Waals surface area (Å²) in [4.78, 5) is 13.6. The number of halogens is 2. The highest BCUT2D eigenvalue weighted by Crippen LogP contribution is 2.28. The van der Waals surface area contributed by atoms with E-state index in [9.17, 15) is 22.0 Å². The molecule has 0 saturated carbocycles. The number of sulfonamides is 1. The van der Waals surface area contributed by atoms with Gasteiger partial charge in [-0.2, -0.15) is 0 Å². The Balaban J connectivity index is 1.86. The number of hydrogen-bond acceptors (Lipinski definition) is 5. The standard InChI is InChI=1S/C20H19F2N3O3S2/c1-12-4-6-13(7-5-12)24-30(27,28)17-8-9-29-19(17)20(26)23-14-10-15(21)18(25(2)3)16(22)11-14/h4-11,24H,1-3H3,(H,23,26). The lowest BCUT2D eigenvalue weighted by Gasteiger charge is -2.16. The first-order chi connectivity index (χ1) is 14.1. The Bertz CT molecular complexity index is 1170. The molecule has 1 amide bonds. The quantitative estimate of drug-likeness (QED) is 0.580. The Kier molecular flexibility index (Phi) is 6.09. The molecular formula is C20H19F2N3O3S2. The highest BCUT2D eigenvalue weighted by atomic mass is 32.2. The molecule has 30 heavy (non-hydrogen) atoms. The number of nitrogens with zero attached hydrogens (tertiary/aromatic N) is 1. The van der Waals surface area contributed by atoms with Gasteiger partial charge >= 0.3 is 0 Å². The molecule has 2 N–H and O–H groups in total. The number of benzene rings is 2. The van der Waals surface area contributed by atoms with E-state index in [1.807, 2.05) is 6.92 Å². The molecule has 0 aliphatic rings. The first-order valence-electron chi connectivity index (χ1n) is 8.73. The van der Waals surface area contributed by atoms with Crippen LogP contribution in [0.3, 0.4) is 0 Å². The molecule has 0 aliphatic heterocycles. The lowest BCUT2D eigenvalue weighted by molar-refractivity contribution is 0.102. The Morgan fingerprint density at radius 2 is 1.60 bits per heavy atom. The van der Waals surface area contributed by atoms with Gasteiger partial charge in [0.15, 0.2) is 11.6 Å². The van der Waals surface area contributed by atoms with Gasteiger partial charge in [0, 0.05) is 25.5 Å². The molecular weight excluding hydrogens is 432 g/mol. The van der Waals surface area contributed by atoms with Crippen LogP contribution < -0.4 is 14.9 Å². The maximum Gasteiger partial charge on any atom is 0.267 e. The second-order valence-electron chi connectivity index (χ2n) is 6.72. The Hall–Kier alpha value is -2.98. The van der Waals surface area contributed by atoms with Gasteiger partial charge in [0.05, 0.1) is 0 Å². The highest BCUT2D eigenvalue weighted by Gasteiger charge is 2.25. The maximum atomic E-state index is 14.2. The van der Waals surface area contributed by atoms with Crippen molar-refractivity contribution in [3.8, 4) is 0 Å². The minimum atomic E-state index is -4.04. The summed E-state index contributed by atoms with van der Waals surface area (Å²) in [6.07, 6.45) is 0. The minimum absolute atomic E-state index is 0.105. The smallest absolute Gasteiger partial charge is 0.267 e. The molecule has 10 heteroatoms. The largest absolute Gasteiger partial charge is 0.373 e. The Morgan fingerprint density at radius 3 is 2.17 bits per heavy atom. The third kappa shape index (κ3) is 4.60. The number of rotatable bonds is 6. The lowest BCUT2D eigenvalue weighted by Crippen LogP contribution is -2.19. The van der Waals surface area contributed by atoms with E-state index in [1.54, 1.807) is 24.3 Å². The zero-order chi connectivity index (χ0) is 22.1. The van der Waals surface area contributed by atoms with Crippen molar-refractivity contribution >= 4 is 44.3 Å². The molecule has 0 radical (unpaired) electrons. The van der Waals surface area contributed by atoms with Crippen LogP contribution in [0.2, 0.25) is 0 Å². The third-order valence-corrected chi connectivity index (χ3v) is 6.62. The molecule has 1 aromatic heterocycles. The molecule has 1 heterocycles. The van der Waals surface area contributed by atoms with E-state index in [0.29, 0.717) is 5.69 Å². The van der Waals surface area contributed by atoms with Gasteiger partial charge in [-0.15, -0.1) is 11.3 Å². The number of carbonyl (C=O) groups is 1. The first kappa shape index (κ1) is 21.7. The molecule has 0 unspecified atom stereocenters. The van der Waals surface area contributed by atoms with Crippen LogP contribution >= 0.6 is 11.3 Å². The fraction of sp³-hybridized carbons (Fsp3) is 0.150. The van der Waals surface area contributed by atoms with Gasteiger partial charge in [0.2, 0.25) is 0 Å². The first-order valence-corrected chi connectivity index (χ1v) is 11.1. The van der Waals surface area contributed by atoms with Gasteiger partial charge in [-0.1, -0.05) is 17.7 Å². The van der Waals surface area contributed by atoms with E-state index < -0.39 is 27.6 Å². The van der Waals surface area contributed by atoms with Gasteiger partial charge < -0.3 is 10.2 Å². The van der Waals surface area contributed by atoms with Gasteiger partial charge in [0.1, 0.15) is 15.5 Å². The second kappa shape index (κ2) is 8.41. The zero-order valence-corrected chi connectivity index (χ0v) is 18.0. The van der Waals surface area contributed by atoms with Crippen molar-refractivity contribution < 1.29 is 22.0 Å². The average Bonchev–Trinajstić information content (AvgIpc) is 3.13. The monoisotopic (exact) mass is 451 g/mol. The van der Waals surface area contributed by atoms with E-state index in [2.05, 4.69) is 10.0 Å². The summed E-state index contributed by atoms with van der Waals surface area (Å²) in [6, 6.07) is 9.96. The number of amides is 1. The van der Waals surface area contributed by atoms with Crippen LogP contribution in [0.4, 0.5) is 25.8 Å². The topological polar surface area (TPSA) is 78.5 Å². The second-order valence-corrected chi connectivity index (χ2v) is 9.29. The van der Waals surface area contributed by atoms with Crippen molar-refractivity contribution in [3.63, 3.8) is 0 Å². The molecule has 0 bridgehead atoms. The number of carbonyl (C=O) groups excluding carboxylic acids is 1. The van der Waals surface area contributed by atoms with Crippen molar-refractivity contribution in [1.82, 2.24) is 0 Å².